The third-order valence-corrected chi connectivity index (χ3v) is 4.05. The number of rotatable bonds is 4. The lowest BCUT2D eigenvalue weighted by Gasteiger charge is -2.36. The van der Waals surface area contributed by atoms with Gasteiger partial charge in [-0.05, 0) is 31.5 Å². The molecule has 1 aromatic carbocycles. The van der Waals surface area contributed by atoms with Gasteiger partial charge >= 0.3 is 0 Å². The van der Waals surface area contributed by atoms with E-state index in [1.54, 1.807) is 6.26 Å². The fourth-order valence-electron chi connectivity index (χ4n) is 2.83. The second-order valence-corrected chi connectivity index (χ2v) is 5.80. The molecule has 1 aliphatic heterocycles. The van der Waals surface area contributed by atoms with E-state index in [0.717, 1.165) is 50.7 Å². The van der Waals surface area contributed by atoms with Crippen molar-refractivity contribution in [3.63, 3.8) is 0 Å². The van der Waals surface area contributed by atoms with Gasteiger partial charge in [0.1, 0.15) is 6.26 Å². The molecule has 0 aliphatic carbocycles. The van der Waals surface area contributed by atoms with Crippen LogP contribution in [0.3, 0.4) is 0 Å². The third kappa shape index (κ3) is 3.64. The van der Waals surface area contributed by atoms with Crippen LogP contribution < -0.4 is 4.90 Å². The Morgan fingerprint density at radius 2 is 1.95 bits per heavy atom. The van der Waals surface area contributed by atoms with Gasteiger partial charge in [-0.15, -0.1) is 0 Å². The monoisotopic (exact) mass is 285 g/mol. The van der Waals surface area contributed by atoms with E-state index in [0.29, 0.717) is 0 Å². The fraction of sp³-hybridized carbons (Fsp3) is 0.471. The highest BCUT2D eigenvalue weighted by atomic mass is 16.3. The molecule has 112 valence electrons. The zero-order valence-corrected chi connectivity index (χ0v) is 12.9. The van der Waals surface area contributed by atoms with Crippen molar-refractivity contribution in [2.24, 2.45) is 0 Å². The van der Waals surface area contributed by atoms with Crippen LogP contribution >= 0.6 is 0 Å². The standard InChI is InChI=1S/C17H23N3O/c1-14-4-3-5-16(12-14)20-10-8-19(9-11-20)7-6-17-18-15(2)13-21-17/h3-5,12-13H,6-11H2,1-2H3. The second-order valence-electron chi connectivity index (χ2n) is 5.80. The molecule has 0 N–H and O–H groups in total. The number of aromatic nitrogens is 1. The molecule has 0 bridgehead atoms. The lowest BCUT2D eigenvalue weighted by Crippen LogP contribution is -2.47. The quantitative estimate of drug-likeness (QED) is 0.864. The van der Waals surface area contributed by atoms with Crippen molar-refractivity contribution in [3.8, 4) is 0 Å². The minimum atomic E-state index is 0.855. The molecule has 2 aromatic rings. The van der Waals surface area contributed by atoms with Gasteiger partial charge in [-0.2, -0.15) is 0 Å². The van der Waals surface area contributed by atoms with Gasteiger partial charge in [-0.25, -0.2) is 4.98 Å². The Hall–Kier alpha value is -1.81. The molecule has 1 aromatic heterocycles. The molecular weight excluding hydrogens is 262 g/mol. The predicted octanol–water partition coefficient (Wildman–Crippen LogP) is 2.66. The Morgan fingerprint density at radius 1 is 1.14 bits per heavy atom. The molecule has 0 amide bonds. The summed E-state index contributed by atoms with van der Waals surface area (Å²) in [4.78, 5) is 9.33. The van der Waals surface area contributed by atoms with Crippen LogP contribution in [0.15, 0.2) is 34.9 Å². The van der Waals surface area contributed by atoms with Crippen LogP contribution in [0.2, 0.25) is 0 Å². The maximum absolute atomic E-state index is 5.41. The summed E-state index contributed by atoms with van der Waals surface area (Å²) in [5, 5.41) is 0. The topological polar surface area (TPSA) is 32.5 Å². The first-order valence-electron chi connectivity index (χ1n) is 7.66. The lowest BCUT2D eigenvalue weighted by atomic mass is 10.2. The maximum Gasteiger partial charge on any atom is 0.195 e. The van der Waals surface area contributed by atoms with Crippen molar-refractivity contribution in [3.05, 3.63) is 47.7 Å². The first-order chi connectivity index (χ1) is 10.2. The van der Waals surface area contributed by atoms with Gasteiger partial charge in [-0.1, -0.05) is 12.1 Å². The van der Waals surface area contributed by atoms with Crippen LogP contribution in [-0.4, -0.2) is 42.6 Å². The summed E-state index contributed by atoms with van der Waals surface area (Å²) >= 11 is 0. The van der Waals surface area contributed by atoms with Crippen LogP contribution in [0.1, 0.15) is 17.1 Å². The molecule has 4 nitrogen and oxygen atoms in total. The summed E-state index contributed by atoms with van der Waals surface area (Å²) < 4.78 is 5.41. The van der Waals surface area contributed by atoms with Gasteiger partial charge < -0.3 is 9.32 Å². The second kappa shape index (κ2) is 6.31. The summed E-state index contributed by atoms with van der Waals surface area (Å²) in [7, 11) is 0. The molecule has 0 saturated carbocycles. The van der Waals surface area contributed by atoms with E-state index in [1.165, 1.54) is 11.3 Å². The molecule has 0 spiro atoms. The zero-order valence-electron chi connectivity index (χ0n) is 12.9. The molecule has 2 heterocycles. The Balaban J connectivity index is 1.49. The molecule has 3 rings (SSSR count). The number of anilines is 1. The number of aryl methyl sites for hydroxylation is 2. The average molecular weight is 285 g/mol. The maximum atomic E-state index is 5.41. The van der Waals surface area contributed by atoms with Crippen LogP contribution in [-0.2, 0) is 6.42 Å². The van der Waals surface area contributed by atoms with Crippen molar-refractivity contribution >= 4 is 5.69 Å². The molecule has 1 aliphatic rings. The lowest BCUT2D eigenvalue weighted by molar-refractivity contribution is 0.254. The average Bonchev–Trinajstić information content (AvgIpc) is 2.91. The number of nitrogens with zero attached hydrogens (tertiary/aromatic N) is 3. The van der Waals surface area contributed by atoms with E-state index < -0.39 is 0 Å². The van der Waals surface area contributed by atoms with Crippen molar-refractivity contribution in [1.29, 1.82) is 0 Å². The van der Waals surface area contributed by atoms with Crippen molar-refractivity contribution < 1.29 is 4.42 Å². The Bertz CT molecular complexity index is 585. The van der Waals surface area contributed by atoms with Gasteiger partial charge in [0.05, 0.1) is 5.69 Å². The van der Waals surface area contributed by atoms with Crippen molar-refractivity contribution in [2.45, 2.75) is 20.3 Å². The normalized spacial score (nSPS) is 16.4. The van der Waals surface area contributed by atoms with E-state index in [2.05, 4.69) is 46.0 Å². The van der Waals surface area contributed by atoms with Gasteiger partial charge in [0.15, 0.2) is 5.89 Å². The highest BCUT2D eigenvalue weighted by Gasteiger charge is 2.17. The fourth-order valence-corrected chi connectivity index (χ4v) is 2.83. The summed E-state index contributed by atoms with van der Waals surface area (Å²) in [5.74, 6) is 0.855. The third-order valence-electron chi connectivity index (χ3n) is 4.05. The summed E-state index contributed by atoms with van der Waals surface area (Å²) in [6.07, 6.45) is 2.63. The van der Waals surface area contributed by atoms with E-state index in [-0.39, 0.29) is 0 Å². The number of benzene rings is 1. The van der Waals surface area contributed by atoms with Gasteiger partial charge in [0.25, 0.3) is 0 Å². The first-order valence-corrected chi connectivity index (χ1v) is 7.66. The highest BCUT2D eigenvalue weighted by molar-refractivity contribution is 5.48. The smallest absolute Gasteiger partial charge is 0.195 e. The number of oxazole rings is 1. The molecule has 0 radical (unpaired) electrons. The molecule has 1 saturated heterocycles. The molecular formula is C17H23N3O. The van der Waals surface area contributed by atoms with Crippen molar-refractivity contribution in [2.75, 3.05) is 37.6 Å². The van der Waals surface area contributed by atoms with Crippen LogP contribution in [0.25, 0.3) is 0 Å². The van der Waals surface area contributed by atoms with E-state index in [4.69, 9.17) is 4.42 Å². The minimum Gasteiger partial charge on any atom is -0.449 e. The van der Waals surface area contributed by atoms with Gasteiger partial charge in [0, 0.05) is 44.8 Å². The molecule has 0 unspecified atom stereocenters. The summed E-state index contributed by atoms with van der Waals surface area (Å²) in [5.41, 5.74) is 3.64. The number of hydrogen-bond donors (Lipinski definition) is 0. The van der Waals surface area contributed by atoms with E-state index >= 15 is 0 Å². The van der Waals surface area contributed by atoms with Crippen molar-refractivity contribution in [1.82, 2.24) is 9.88 Å². The Kier molecular flexibility index (Phi) is 4.25. The van der Waals surface area contributed by atoms with E-state index in [1.807, 2.05) is 6.92 Å². The predicted molar refractivity (Wildman–Crippen MR) is 84.8 cm³/mol. The molecule has 21 heavy (non-hydrogen) atoms. The summed E-state index contributed by atoms with van der Waals surface area (Å²) in [6, 6.07) is 8.77. The van der Waals surface area contributed by atoms with Crippen LogP contribution in [0.4, 0.5) is 5.69 Å². The zero-order chi connectivity index (χ0) is 14.7. The van der Waals surface area contributed by atoms with E-state index in [9.17, 15) is 0 Å². The first kappa shape index (κ1) is 14.1. The van der Waals surface area contributed by atoms with Gasteiger partial charge in [0.2, 0.25) is 0 Å². The molecule has 0 atom stereocenters. The van der Waals surface area contributed by atoms with Crippen LogP contribution in [0, 0.1) is 13.8 Å². The molecule has 4 heteroatoms. The number of hydrogen-bond acceptors (Lipinski definition) is 4. The summed E-state index contributed by atoms with van der Waals surface area (Å²) in [6.45, 7) is 9.54. The minimum absolute atomic E-state index is 0.855. The Labute approximate surface area is 126 Å². The SMILES string of the molecule is Cc1cccc(N2CCN(CCc3nc(C)co3)CC2)c1. The largest absolute Gasteiger partial charge is 0.449 e. The number of piperazine rings is 1. The van der Waals surface area contributed by atoms with Crippen LogP contribution in [0.5, 0.6) is 0 Å². The van der Waals surface area contributed by atoms with Gasteiger partial charge in [-0.3, -0.25) is 4.90 Å². The highest BCUT2D eigenvalue weighted by Crippen LogP contribution is 2.17. The Morgan fingerprint density at radius 3 is 2.62 bits per heavy atom. The molecule has 1 fully saturated rings.